The van der Waals surface area contributed by atoms with Gasteiger partial charge in [-0.15, -0.1) is 5.10 Å². The quantitative estimate of drug-likeness (QED) is 0.425. The number of H-pyrrole nitrogens is 1. The number of rotatable bonds is 6. The van der Waals surface area contributed by atoms with Crippen molar-refractivity contribution < 1.29 is 9.53 Å². The molecule has 1 rings (SSSR count). The smallest absolute Gasteiger partial charge is 0.343 e. The first-order valence-corrected chi connectivity index (χ1v) is 6.48. The highest BCUT2D eigenvalue weighted by atomic mass is 32.2. The second-order valence-corrected chi connectivity index (χ2v) is 5.29. The van der Waals surface area contributed by atoms with Gasteiger partial charge < -0.3 is 10.5 Å². The summed E-state index contributed by atoms with van der Waals surface area (Å²) in [7, 11) is 2.97. The first-order valence-electron chi connectivity index (χ1n) is 5.50. The van der Waals surface area contributed by atoms with Crippen molar-refractivity contribution >= 4 is 17.7 Å². The molecule has 0 spiro atoms. The van der Waals surface area contributed by atoms with E-state index in [2.05, 4.69) is 14.9 Å². The number of methoxy groups -OCH3 is 1. The molecule has 102 valence electrons. The molecule has 0 bridgehead atoms. The lowest BCUT2D eigenvalue weighted by atomic mass is 9.98. The summed E-state index contributed by atoms with van der Waals surface area (Å²) in [6, 6.07) is 0. The number of carbonyl (C=O) groups excluding carboxylic acids is 1. The number of nitrogens with zero attached hydrogens (tertiary/aromatic N) is 2. The fourth-order valence-corrected chi connectivity index (χ4v) is 2.26. The van der Waals surface area contributed by atoms with Crippen LogP contribution < -0.4 is 11.4 Å². The zero-order chi connectivity index (χ0) is 13.8. The van der Waals surface area contributed by atoms with E-state index in [4.69, 9.17) is 5.73 Å². The molecule has 0 aliphatic rings. The number of esters is 1. The molecule has 0 aliphatic heterocycles. The van der Waals surface area contributed by atoms with E-state index in [-0.39, 0.29) is 5.69 Å². The van der Waals surface area contributed by atoms with Crippen molar-refractivity contribution in [1.82, 2.24) is 14.8 Å². The van der Waals surface area contributed by atoms with E-state index in [0.29, 0.717) is 11.6 Å². The van der Waals surface area contributed by atoms with Crippen LogP contribution in [0.25, 0.3) is 0 Å². The highest BCUT2D eigenvalue weighted by Gasteiger charge is 2.28. The Balaban J connectivity index is 2.37. The van der Waals surface area contributed by atoms with E-state index in [9.17, 15) is 9.59 Å². The molecule has 1 aromatic heterocycles. The molecule has 7 nitrogen and oxygen atoms in total. The zero-order valence-corrected chi connectivity index (χ0v) is 11.5. The van der Waals surface area contributed by atoms with Gasteiger partial charge in [0.25, 0.3) is 0 Å². The Morgan fingerprint density at radius 3 is 2.83 bits per heavy atom. The van der Waals surface area contributed by atoms with Crippen LogP contribution >= 0.6 is 11.8 Å². The van der Waals surface area contributed by atoms with Crippen LogP contribution in [0.1, 0.15) is 19.8 Å². The molecular weight excluding hydrogens is 256 g/mol. The SMILES string of the molecule is COC(=O)C(C)(N)CCCSc1n[nH]c(=O)n1C. The molecule has 1 unspecified atom stereocenters. The number of nitrogens with two attached hydrogens (primary N) is 1. The summed E-state index contributed by atoms with van der Waals surface area (Å²) in [4.78, 5) is 22.4. The highest BCUT2D eigenvalue weighted by Crippen LogP contribution is 2.17. The van der Waals surface area contributed by atoms with Crippen LogP contribution in [0.2, 0.25) is 0 Å². The second-order valence-electron chi connectivity index (χ2n) is 4.23. The first kappa shape index (κ1) is 14.8. The number of ether oxygens (including phenoxy) is 1. The van der Waals surface area contributed by atoms with Gasteiger partial charge in [-0.05, 0) is 19.8 Å². The molecule has 8 heteroatoms. The third-order valence-electron chi connectivity index (χ3n) is 2.56. The Kier molecular flexibility index (Phi) is 4.97. The Morgan fingerprint density at radius 1 is 1.67 bits per heavy atom. The van der Waals surface area contributed by atoms with Gasteiger partial charge in [-0.3, -0.25) is 9.36 Å². The van der Waals surface area contributed by atoms with Gasteiger partial charge in [-0.2, -0.15) is 0 Å². The predicted molar refractivity (Wildman–Crippen MR) is 68.4 cm³/mol. The van der Waals surface area contributed by atoms with E-state index in [1.165, 1.54) is 23.4 Å². The normalized spacial score (nSPS) is 14.2. The maximum Gasteiger partial charge on any atom is 0.343 e. The average molecular weight is 274 g/mol. The number of hydrogen-bond donors (Lipinski definition) is 2. The third kappa shape index (κ3) is 3.61. The number of thioether (sulfide) groups is 1. The van der Waals surface area contributed by atoms with Crippen LogP contribution in [-0.2, 0) is 16.6 Å². The van der Waals surface area contributed by atoms with Gasteiger partial charge in [0.05, 0.1) is 7.11 Å². The van der Waals surface area contributed by atoms with Crippen LogP contribution in [0, 0.1) is 0 Å². The number of nitrogens with one attached hydrogen (secondary N) is 1. The van der Waals surface area contributed by atoms with Gasteiger partial charge in [0.15, 0.2) is 5.16 Å². The zero-order valence-electron chi connectivity index (χ0n) is 10.7. The molecule has 0 saturated carbocycles. The van der Waals surface area contributed by atoms with E-state index in [1.807, 2.05) is 0 Å². The number of aromatic nitrogens is 3. The standard InChI is InChI=1S/C10H18N4O3S/c1-10(11,7(15)17-3)5-4-6-18-9-13-12-8(16)14(9)2/h4-6,11H2,1-3H3,(H,12,16). The molecule has 0 saturated heterocycles. The summed E-state index contributed by atoms with van der Waals surface area (Å²) in [5.41, 5.74) is 4.62. The van der Waals surface area contributed by atoms with Crippen molar-refractivity contribution in [2.24, 2.45) is 12.8 Å². The van der Waals surface area contributed by atoms with Crippen LogP contribution in [0.15, 0.2) is 9.95 Å². The van der Waals surface area contributed by atoms with Gasteiger partial charge >= 0.3 is 11.7 Å². The molecule has 3 N–H and O–H groups in total. The topological polar surface area (TPSA) is 103 Å². The van der Waals surface area contributed by atoms with Crippen LogP contribution in [0.3, 0.4) is 0 Å². The summed E-state index contributed by atoms with van der Waals surface area (Å²) in [6.45, 7) is 1.65. The highest BCUT2D eigenvalue weighted by molar-refractivity contribution is 7.99. The van der Waals surface area contributed by atoms with Crippen LogP contribution in [-0.4, -0.2) is 39.1 Å². The lowest BCUT2D eigenvalue weighted by Crippen LogP contribution is -2.45. The summed E-state index contributed by atoms with van der Waals surface area (Å²) in [5, 5.41) is 6.85. The van der Waals surface area contributed by atoms with Gasteiger partial charge in [0, 0.05) is 12.8 Å². The molecule has 1 atom stereocenters. The van der Waals surface area contributed by atoms with Crippen molar-refractivity contribution in [3.8, 4) is 0 Å². The molecule has 0 fully saturated rings. The van der Waals surface area contributed by atoms with Crippen molar-refractivity contribution in [3.63, 3.8) is 0 Å². The van der Waals surface area contributed by atoms with Crippen molar-refractivity contribution in [2.45, 2.75) is 30.5 Å². The largest absolute Gasteiger partial charge is 0.468 e. The minimum atomic E-state index is -0.966. The van der Waals surface area contributed by atoms with Gasteiger partial charge in [0.2, 0.25) is 0 Å². The molecule has 0 aromatic carbocycles. The molecule has 1 aromatic rings. The molecular formula is C10H18N4O3S. The summed E-state index contributed by atoms with van der Waals surface area (Å²) < 4.78 is 6.06. The van der Waals surface area contributed by atoms with Gasteiger partial charge in [0.1, 0.15) is 5.54 Å². The lowest BCUT2D eigenvalue weighted by Gasteiger charge is -2.20. The lowest BCUT2D eigenvalue weighted by molar-refractivity contribution is -0.146. The fourth-order valence-electron chi connectivity index (χ4n) is 1.40. The molecule has 0 radical (unpaired) electrons. The van der Waals surface area contributed by atoms with Crippen molar-refractivity contribution in [2.75, 3.05) is 12.9 Å². The maximum absolute atomic E-state index is 11.3. The van der Waals surface area contributed by atoms with E-state index in [0.717, 1.165) is 12.2 Å². The molecule has 0 aliphatic carbocycles. The summed E-state index contributed by atoms with van der Waals surface area (Å²) in [5.74, 6) is 0.307. The van der Waals surface area contributed by atoms with E-state index >= 15 is 0 Å². The molecule has 0 amide bonds. The van der Waals surface area contributed by atoms with Crippen LogP contribution in [0.5, 0.6) is 0 Å². The number of carbonyl (C=O) groups is 1. The Labute approximate surface area is 109 Å². The monoisotopic (exact) mass is 274 g/mol. The van der Waals surface area contributed by atoms with Gasteiger partial charge in [-0.25, -0.2) is 9.89 Å². The van der Waals surface area contributed by atoms with Crippen molar-refractivity contribution in [3.05, 3.63) is 10.5 Å². The van der Waals surface area contributed by atoms with Gasteiger partial charge in [-0.1, -0.05) is 11.8 Å². The van der Waals surface area contributed by atoms with Crippen molar-refractivity contribution in [1.29, 1.82) is 0 Å². The second kappa shape index (κ2) is 6.05. The Morgan fingerprint density at radius 2 is 2.33 bits per heavy atom. The molecule has 18 heavy (non-hydrogen) atoms. The summed E-state index contributed by atoms with van der Waals surface area (Å²) in [6.07, 6.45) is 1.25. The Bertz CT molecular complexity index is 466. The first-order chi connectivity index (χ1) is 8.38. The minimum Gasteiger partial charge on any atom is -0.468 e. The fraction of sp³-hybridized carbons (Fsp3) is 0.700. The number of hydrogen-bond acceptors (Lipinski definition) is 6. The van der Waals surface area contributed by atoms with E-state index in [1.54, 1.807) is 14.0 Å². The minimum absolute atomic E-state index is 0.240. The predicted octanol–water partition coefficient (Wildman–Crippen LogP) is -0.129. The average Bonchev–Trinajstić information content (AvgIpc) is 2.65. The van der Waals surface area contributed by atoms with Crippen LogP contribution in [0.4, 0.5) is 0 Å². The molecule has 1 heterocycles. The summed E-state index contributed by atoms with van der Waals surface area (Å²) >= 11 is 1.44. The van der Waals surface area contributed by atoms with E-state index < -0.39 is 11.5 Å². The Hall–Kier alpha value is -1.28. The number of aromatic amines is 1. The maximum atomic E-state index is 11.3. The third-order valence-corrected chi connectivity index (χ3v) is 3.68.